The van der Waals surface area contributed by atoms with E-state index in [1.807, 2.05) is 27.7 Å². The maximum Gasteiger partial charge on any atom is 0.338 e. The van der Waals surface area contributed by atoms with Crippen LogP contribution in [0.3, 0.4) is 0 Å². The maximum atomic E-state index is 13.3. The molecular formula is C30H30N2O6. The number of aliphatic hydroxyl groups excluding tert-OH is 1. The molecule has 1 saturated heterocycles. The van der Waals surface area contributed by atoms with E-state index in [2.05, 4.69) is 4.98 Å². The molecule has 1 unspecified atom stereocenters. The van der Waals surface area contributed by atoms with Gasteiger partial charge in [0.05, 0.1) is 29.9 Å². The summed E-state index contributed by atoms with van der Waals surface area (Å²) in [4.78, 5) is 44.4. The topological polar surface area (TPSA) is 106 Å². The molecule has 0 aliphatic carbocycles. The predicted molar refractivity (Wildman–Crippen MR) is 143 cm³/mol. The molecule has 1 aliphatic heterocycles. The number of ether oxygens (including phenoxy) is 2. The van der Waals surface area contributed by atoms with Gasteiger partial charge in [-0.05, 0) is 79.9 Å². The fraction of sp³-hybridized carbons (Fsp3) is 0.267. The first-order valence-corrected chi connectivity index (χ1v) is 12.4. The molecule has 1 atom stereocenters. The van der Waals surface area contributed by atoms with E-state index in [1.54, 1.807) is 73.1 Å². The molecule has 8 heteroatoms. The summed E-state index contributed by atoms with van der Waals surface area (Å²) in [6.07, 6.45) is 3.11. The summed E-state index contributed by atoms with van der Waals surface area (Å²) >= 11 is 0. The zero-order chi connectivity index (χ0) is 27.4. The molecule has 1 amide bonds. The van der Waals surface area contributed by atoms with E-state index in [4.69, 9.17) is 9.47 Å². The van der Waals surface area contributed by atoms with Crippen LogP contribution in [0.4, 0.5) is 5.69 Å². The Morgan fingerprint density at radius 2 is 1.63 bits per heavy atom. The number of carbonyl (C=O) groups is 3. The highest BCUT2D eigenvalue weighted by molar-refractivity contribution is 6.51. The molecule has 3 aromatic rings. The highest BCUT2D eigenvalue weighted by Gasteiger charge is 2.47. The van der Waals surface area contributed by atoms with Crippen molar-refractivity contribution in [2.24, 2.45) is 5.92 Å². The number of pyridine rings is 1. The van der Waals surface area contributed by atoms with Gasteiger partial charge in [-0.1, -0.05) is 19.9 Å². The van der Waals surface area contributed by atoms with E-state index in [9.17, 15) is 19.5 Å². The molecule has 38 heavy (non-hydrogen) atoms. The van der Waals surface area contributed by atoms with Crippen LogP contribution in [0.25, 0.3) is 5.76 Å². The van der Waals surface area contributed by atoms with Crippen LogP contribution in [0, 0.1) is 5.92 Å². The third-order valence-electron chi connectivity index (χ3n) is 5.87. The molecule has 0 radical (unpaired) electrons. The molecule has 1 N–H and O–H groups in total. The van der Waals surface area contributed by atoms with Crippen LogP contribution >= 0.6 is 0 Å². The molecule has 0 spiro atoms. The zero-order valence-electron chi connectivity index (χ0n) is 21.8. The second-order valence-electron chi connectivity index (χ2n) is 9.69. The Morgan fingerprint density at radius 3 is 2.21 bits per heavy atom. The summed E-state index contributed by atoms with van der Waals surface area (Å²) in [7, 11) is 0. The van der Waals surface area contributed by atoms with E-state index < -0.39 is 23.7 Å². The van der Waals surface area contributed by atoms with Crippen molar-refractivity contribution in [2.45, 2.75) is 39.8 Å². The van der Waals surface area contributed by atoms with Gasteiger partial charge in [-0.2, -0.15) is 0 Å². The Labute approximate surface area is 221 Å². The lowest BCUT2D eigenvalue weighted by molar-refractivity contribution is -0.132. The first-order chi connectivity index (χ1) is 18.2. The predicted octanol–water partition coefficient (Wildman–Crippen LogP) is 5.31. The van der Waals surface area contributed by atoms with Crippen molar-refractivity contribution in [3.63, 3.8) is 0 Å². The summed E-state index contributed by atoms with van der Waals surface area (Å²) in [6.45, 7) is 7.99. The zero-order valence-corrected chi connectivity index (χ0v) is 21.8. The molecule has 1 aliphatic rings. The van der Waals surface area contributed by atoms with Crippen LogP contribution in [0.1, 0.15) is 55.2 Å². The fourth-order valence-corrected chi connectivity index (χ4v) is 4.15. The fourth-order valence-electron chi connectivity index (χ4n) is 4.15. The number of ketones is 1. The summed E-state index contributed by atoms with van der Waals surface area (Å²) in [5, 5.41) is 11.3. The SMILES string of the molecule is CC(C)COC(=O)c1ccc(N2C(=O)C(=O)/C(=C(/O)c3ccc(OC(C)C)cc3)C2c2cccnc2)cc1. The molecule has 196 valence electrons. The average molecular weight is 515 g/mol. The molecule has 2 aromatic carbocycles. The maximum absolute atomic E-state index is 13.3. The third kappa shape index (κ3) is 5.59. The van der Waals surface area contributed by atoms with Gasteiger partial charge < -0.3 is 14.6 Å². The highest BCUT2D eigenvalue weighted by Crippen LogP contribution is 2.42. The van der Waals surface area contributed by atoms with Crippen molar-refractivity contribution in [3.05, 3.63) is 95.3 Å². The van der Waals surface area contributed by atoms with Gasteiger partial charge >= 0.3 is 5.97 Å². The molecule has 2 heterocycles. The number of carbonyl (C=O) groups excluding carboxylic acids is 3. The van der Waals surface area contributed by atoms with Crippen LogP contribution < -0.4 is 9.64 Å². The Hall–Kier alpha value is -4.46. The van der Waals surface area contributed by atoms with E-state index >= 15 is 0 Å². The smallest absolute Gasteiger partial charge is 0.338 e. The van der Waals surface area contributed by atoms with E-state index in [1.165, 1.54) is 4.90 Å². The van der Waals surface area contributed by atoms with Crippen LogP contribution in [0.5, 0.6) is 5.75 Å². The number of Topliss-reactive ketones (excluding diaryl/α,β-unsaturated/α-hetero) is 1. The summed E-state index contributed by atoms with van der Waals surface area (Å²) in [5.41, 5.74) is 1.58. The minimum absolute atomic E-state index is 0.0196. The van der Waals surface area contributed by atoms with Gasteiger partial charge in [0.25, 0.3) is 11.7 Å². The lowest BCUT2D eigenvalue weighted by Gasteiger charge is -2.25. The number of esters is 1. The minimum Gasteiger partial charge on any atom is -0.507 e. The summed E-state index contributed by atoms with van der Waals surface area (Å²) in [5.74, 6) is -1.57. The molecular weight excluding hydrogens is 484 g/mol. The van der Waals surface area contributed by atoms with Gasteiger partial charge in [0.1, 0.15) is 11.5 Å². The number of nitrogens with zero attached hydrogens (tertiary/aromatic N) is 2. The molecule has 0 saturated carbocycles. The van der Waals surface area contributed by atoms with Gasteiger partial charge in [0.2, 0.25) is 0 Å². The number of hydrogen-bond acceptors (Lipinski definition) is 7. The van der Waals surface area contributed by atoms with E-state index in [0.29, 0.717) is 34.7 Å². The number of benzene rings is 2. The van der Waals surface area contributed by atoms with E-state index in [-0.39, 0.29) is 23.4 Å². The van der Waals surface area contributed by atoms with Crippen molar-refractivity contribution < 1.29 is 29.0 Å². The Morgan fingerprint density at radius 1 is 0.974 bits per heavy atom. The van der Waals surface area contributed by atoms with Gasteiger partial charge in [-0.3, -0.25) is 19.5 Å². The number of aromatic nitrogens is 1. The summed E-state index contributed by atoms with van der Waals surface area (Å²) < 4.78 is 10.9. The van der Waals surface area contributed by atoms with Crippen molar-refractivity contribution in [1.29, 1.82) is 0 Å². The Bertz CT molecular complexity index is 1350. The molecule has 4 rings (SSSR count). The standard InChI is InChI=1S/C30H30N2O6/c1-18(2)17-37-30(36)21-7-11-23(12-8-21)32-26(22-6-5-15-31-16-22)25(28(34)29(32)35)27(33)20-9-13-24(14-10-20)38-19(3)4/h5-16,18-19,26,33H,17H2,1-4H3/b27-25+. The molecule has 0 bridgehead atoms. The van der Waals surface area contributed by atoms with Gasteiger partial charge in [-0.25, -0.2) is 4.79 Å². The van der Waals surface area contributed by atoms with Crippen LogP contribution in [0.15, 0.2) is 78.6 Å². The first kappa shape index (κ1) is 26.6. The normalized spacial score (nSPS) is 16.8. The average Bonchev–Trinajstić information content (AvgIpc) is 3.17. The second kappa shape index (κ2) is 11.3. The Balaban J connectivity index is 1.74. The van der Waals surface area contributed by atoms with Crippen molar-refractivity contribution in [3.8, 4) is 5.75 Å². The van der Waals surface area contributed by atoms with Crippen molar-refractivity contribution in [1.82, 2.24) is 4.98 Å². The molecule has 8 nitrogen and oxygen atoms in total. The van der Waals surface area contributed by atoms with Crippen LogP contribution in [0.2, 0.25) is 0 Å². The monoisotopic (exact) mass is 514 g/mol. The Kier molecular flexibility index (Phi) is 7.90. The van der Waals surface area contributed by atoms with Crippen LogP contribution in [-0.2, 0) is 14.3 Å². The quantitative estimate of drug-likeness (QED) is 0.188. The lowest BCUT2D eigenvalue weighted by Crippen LogP contribution is -2.29. The van der Waals surface area contributed by atoms with Crippen molar-refractivity contribution in [2.75, 3.05) is 11.5 Å². The molecule has 1 aromatic heterocycles. The van der Waals surface area contributed by atoms with Gasteiger partial charge in [0, 0.05) is 23.6 Å². The number of anilines is 1. The highest BCUT2D eigenvalue weighted by atomic mass is 16.5. The van der Waals surface area contributed by atoms with E-state index in [0.717, 1.165) is 0 Å². The first-order valence-electron chi connectivity index (χ1n) is 12.4. The van der Waals surface area contributed by atoms with Crippen LogP contribution in [-0.4, -0.2) is 40.5 Å². The number of rotatable bonds is 8. The number of hydrogen-bond donors (Lipinski definition) is 1. The largest absolute Gasteiger partial charge is 0.507 e. The molecule has 1 fully saturated rings. The third-order valence-corrected chi connectivity index (χ3v) is 5.87. The summed E-state index contributed by atoms with van der Waals surface area (Å²) in [6, 6.07) is 15.4. The van der Waals surface area contributed by atoms with Gasteiger partial charge in [-0.15, -0.1) is 0 Å². The lowest BCUT2D eigenvalue weighted by atomic mass is 9.96. The number of aliphatic hydroxyl groups is 1. The number of amides is 1. The van der Waals surface area contributed by atoms with Crippen molar-refractivity contribution >= 4 is 29.1 Å². The van der Waals surface area contributed by atoms with Gasteiger partial charge in [0.15, 0.2) is 0 Å². The minimum atomic E-state index is -0.922. The second-order valence-corrected chi connectivity index (χ2v) is 9.69.